The van der Waals surface area contributed by atoms with Gasteiger partial charge in [0.05, 0.1) is 25.5 Å². The summed E-state index contributed by atoms with van der Waals surface area (Å²) in [6.45, 7) is 3.79. The number of primary amides is 1. The predicted molar refractivity (Wildman–Crippen MR) is 105 cm³/mol. The Morgan fingerprint density at radius 1 is 1.41 bits per heavy atom. The molecule has 0 atom stereocenters. The Labute approximate surface area is 159 Å². The van der Waals surface area contributed by atoms with E-state index in [1.807, 2.05) is 26.0 Å². The number of amides is 2. The molecule has 7 nitrogen and oxygen atoms in total. The lowest BCUT2D eigenvalue weighted by Crippen LogP contribution is -2.14. The Kier molecular flexibility index (Phi) is 5.27. The number of aryl methyl sites for hydroxylation is 1. The van der Waals surface area contributed by atoms with Crippen LogP contribution in [0.4, 0.5) is 5.13 Å². The molecule has 1 aromatic carbocycles. The molecule has 3 N–H and O–H groups in total. The van der Waals surface area contributed by atoms with Gasteiger partial charge in [-0.25, -0.2) is 4.98 Å². The smallest absolute Gasteiger partial charge is 0.250 e. The van der Waals surface area contributed by atoms with Crippen LogP contribution >= 0.6 is 11.3 Å². The number of furan rings is 1. The van der Waals surface area contributed by atoms with Gasteiger partial charge in [-0.3, -0.25) is 14.9 Å². The highest BCUT2D eigenvalue weighted by atomic mass is 32.1. The van der Waals surface area contributed by atoms with E-state index < -0.39 is 5.91 Å². The first-order chi connectivity index (χ1) is 12.9. The summed E-state index contributed by atoms with van der Waals surface area (Å²) >= 11 is 1.24. The summed E-state index contributed by atoms with van der Waals surface area (Å²) in [6, 6.07) is 3.75. The van der Waals surface area contributed by atoms with E-state index in [1.54, 1.807) is 18.8 Å². The Balaban J connectivity index is 1.82. The van der Waals surface area contributed by atoms with Gasteiger partial charge < -0.3 is 14.9 Å². The fraction of sp³-hybridized carbons (Fsp3) is 0.211. The number of rotatable bonds is 6. The monoisotopic (exact) mass is 385 g/mol. The van der Waals surface area contributed by atoms with Crippen molar-refractivity contribution in [3.63, 3.8) is 0 Å². The van der Waals surface area contributed by atoms with Crippen molar-refractivity contribution in [2.45, 2.75) is 20.3 Å². The van der Waals surface area contributed by atoms with Crippen molar-refractivity contribution in [3.8, 4) is 5.75 Å². The number of hydrogen-bond acceptors (Lipinski definition) is 6. The van der Waals surface area contributed by atoms with Crippen LogP contribution in [0.5, 0.6) is 5.75 Å². The van der Waals surface area contributed by atoms with Gasteiger partial charge in [0.25, 0.3) is 0 Å². The summed E-state index contributed by atoms with van der Waals surface area (Å²) in [6.07, 6.45) is 3.21. The molecule has 140 valence electrons. The second-order valence-corrected chi connectivity index (χ2v) is 6.93. The molecule has 3 aromatic rings. The second-order valence-electron chi connectivity index (χ2n) is 6.07. The molecule has 2 amide bonds. The number of nitrogens with zero attached hydrogens (tertiary/aromatic N) is 1. The highest BCUT2D eigenvalue weighted by Gasteiger charge is 2.13. The molecule has 0 spiro atoms. The Bertz CT molecular complexity index is 1050. The normalized spacial score (nSPS) is 11.6. The average Bonchev–Trinajstić information content (AvgIpc) is 3.19. The van der Waals surface area contributed by atoms with Gasteiger partial charge in [-0.05, 0) is 31.1 Å². The summed E-state index contributed by atoms with van der Waals surface area (Å²) in [5, 5.41) is 5.77. The zero-order valence-corrected chi connectivity index (χ0v) is 16.0. The van der Waals surface area contributed by atoms with Gasteiger partial charge in [-0.1, -0.05) is 0 Å². The van der Waals surface area contributed by atoms with Crippen molar-refractivity contribution in [2.75, 3.05) is 12.4 Å². The standard InChI is InChI=1S/C19H19N3O4S/c1-10(4-18(24)22-19-21-12(9-27-19)5-17(20)23)13-6-14-11(2)8-26-16(14)7-15(13)25-3/h4,6-9H,5H2,1-3H3,(H2,20,23)(H,21,22,24)/b10-4+. The maximum atomic E-state index is 12.3. The summed E-state index contributed by atoms with van der Waals surface area (Å²) in [7, 11) is 1.57. The molecule has 0 radical (unpaired) electrons. The Morgan fingerprint density at radius 3 is 2.89 bits per heavy atom. The number of thiazole rings is 1. The fourth-order valence-electron chi connectivity index (χ4n) is 2.70. The molecule has 2 aromatic heterocycles. The number of nitrogens with one attached hydrogen (secondary N) is 1. The van der Waals surface area contributed by atoms with Gasteiger partial charge in [0, 0.05) is 28.5 Å². The summed E-state index contributed by atoms with van der Waals surface area (Å²) in [5.74, 6) is -0.166. The van der Waals surface area contributed by atoms with E-state index in [2.05, 4.69) is 10.3 Å². The van der Waals surface area contributed by atoms with Gasteiger partial charge in [-0.15, -0.1) is 11.3 Å². The number of allylic oxidation sites excluding steroid dienone is 1. The molecule has 3 rings (SSSR count). The van der Waals surface area contributed by atoms with E-state index in [0.717, 1.165) is 27.7 Å². The quantitative estimate of drug-likeness (QED) is 0.633. The van der Waals surface area contributed by atoms with Crippen LogP contribution in [0, 0.1) is 6.92 Å². The molecular weight excluding hydrogens is 366 g/mol. The molecule has 0 aliphatic rings. The van der Waals surface area contributed by atoms with E-state index >= 15 is 0 Å². The van der Waals surface area contributed by atoms with Crippen LogP contribution in [0.3, 0.4) is 0 Å². The lowest BCUT2D eigenvalue weighted by atomic mass is 10.0. The number of nitrogens with two attached hydrogens (primary N) is 1. The number of carbonyl (C=O) groups is 2. The molecule has 2 heterocycles. The van der Waals surface area contributed by atoms with Crippen LogP contribution < -0.4 is 15.8 Å². The molecule has 0 saturated carbocycles. The lowest BCUT2D eigenvalue weighted by Gasteiger charge is -2.09. The molecule has 0 aliphatic heterocycles. The minimum atomic E-state index is -0.467. The van der Waals surface area contributed by atoms with Gasteiger partial charge in [0.15, 0.2) is 5.13 Å². The van der Waals surface area contributed by atoms with Crippen molar-refractivity contribution in [1.29, 1.82) is 0 Å². The van der Waals surface area contributed by atoms with E-state index in [4.69, 9.17) is 14.9 Å². The Hall–Kier alpha value is -3.13. The maximum Gasteiger partial charge on any atom is 0.250 e. The number of benzene rings is 1. The topological polar surface area (TPSA) is 107 Å². The first-order valence-corrected chi connectivity index (χ1v) is 9.03. The van der Waals surface area contributed by atoms with Crippen LogP contribution in [-0.4, -0.2) is 23.9 Å². The number of carbonyl (C=O) groups excluding carboxylic acids is 2. The number of aromatic nitrogens is 1. The zero-order chi connectivity index (χ0) is 19.6. The number of hydrogen-bond donors (Lipinski definition) is 2. The van der Waals surface area contributed by atoms with E-state index in [0.29, 0.717) is 16.6 Å². The van der Waals surface area contributed by atoms with Crippen LogP contribution in [0.1, 0.15) is 23.7 Å². The van der Waals surface area contributed by atoms with Crippen molar-refractivity contribution < 1.29 is 18.7 Å². The molecule has 0 saturated heterocycles. The fourth-order valence-corrected chi connectivity index (χ4v) is 3.41. The SMILES string of the molecule is COc1cc2occ(C)c2cc1/C(C)=C/C(=O)Nc1nc(CC(N)=O)cs1. The highest BCUT2D eigenvalue weighted by Crippen LogP contribution is 2.33. The van der Waals surface area contributed by atoms with Crippen molar-refractivity contribution in [3.05, 3.63) is 46.7 Å². The molecule has 0 unspecified atom stereocenters. The minimum Gasteiger partial charge on any atom is -0.496 e. The molecule has 8 heteroatoms. The minimum absolute atomic E-state index is 0.0441. The Morgan fingerprint density at radius 2 is 2.19 bits per heavy atom. The van der Waals surface area contributed by atoms with Crippen molar-refractivity contribution >= 4 is 44.8 Å². The average molecular weight is 385 g/mol. The largest absolute Gasteiger partial charge is 0.496 e. The molecular formula is C19H19N3O4S. The number of anilines is 1. The third-order valence-corrected chi connectivity index (χ3v) is 4.81. The molecule has 27 heavy (non-hydrogen) atoms. The third-order valence-electron chi connectivity index (χ3n) is 4.00. The molecule has 0 aliphatic carbocycles. The third kappa shape index (κ3) is 4.17. The predicted octanol–water partition coefficient (Wildman–Crippen LogP) is 3.28. The number of methoxy groups -OCH3 is 1. The lowest BCUT2D eigenvalue weighted by molar-refractivity contribution is -0.117. The van der Waals surface area contributed by atoms with Gasteiger partial charge in [0.2, 0.25) is 11.8 Å². The van der Waals surface area contributed by atoms with Gasteiger partial charge >= 0.3 is 0 Å². The van der Waals surface area contributed by atoms with Crippen LogP contribution in [-0.2, 0) is 16.0 Å². The van der Waals surface area contributed by atoms with E-state index in [1.165, 1.54) is 17.4 Å². The van der Waals surface area contributed by atoms with Gasteiger partial charge in [-0.2, -0.15) is 0 Å². The maximum absolute atomic E-state index is 12.3. The summed E-state index contributed by atoms with van der Waals surface area (Å²) < 4.78 is 10.9. The summed E-state index contributed by atoms with van der Waals surface area (Å²) in [5.41, 5.74) is 8.96. The van der Waals surface area contributed by atoms with E-state index in [9.17, 15) is 9.59 Å². The highest BCUT2D eigenvalue weighted by molar-refractivity contribution is 7.14. The van der Waals surface area contributed by atoms with E-state index in [-0.39, 0.29) is 12.3 Å². The number of ether oxygens (including phenoxy) is 1. The first kappa shape index (κ1) is 18.7. The van der Waals surface area contributed by atoms with Crippen LogP contribution in [0.25, 0.3) is 16.5 Å². The number of fused-ring (bicyclic) bond motifs is 1. The van der Waals surface area contributed by atoms with Crippen molar-refractivity contribution in [1.82, 2.24) is 4.98 Å². The first-order valence-electron chi connectivity index (χ1n) is 8.15. The van der Waals surface area contributed by atoms with Gasteiger partial charge in [0.1, 0.15) is 11.3 Å². The second kappa shape index (κ2) is 7.63. The van der Waals surface area contributed by atoms with Crippen LogP contribution in [0.2, 0.25) is 0 Å². The zero-order valence-electron chi connectivity index (χ0n) is 15.2. The van der Waals surface area contributed by atoms with Crippen molar-refractivity contribution in [2.24, 2.45) is 5.73 Å². The molecule has 0 fully saturated rings. The molecule has 0 bridgehead atoms. The van der Waals surface area contributed by atoms with Crippen LogP contribution in [0.15, 0.2) is 34.3 Å². The summed E-state index contributed by atoms with van der Waals surface area (Å²) in [4.78, 5) is 27.4.